The Kier molecular flexibility index (Phi) is 4.42. The number of aromatic nitrogens is 5. The van der Waals surface area contributed by atoms with Crippen LogP contribution >= 0.6 is 0 Å². The van der Waals surface area contributed by atoms with Gasteiger partial charge in [-0.3, -0.25) is 9.89 Å². The molecule has 0 fully saturated rings. The van der Waals surface area contributed by atoms with Crippen LogP contribution in [-0.2, 0) is 13.1 Å². The number of aryl methyl sites for hydroxylation is 1. The van der Waals surface area contributed by atoms with Crippen molar-refractivity contribution in [2.75, 3.05) is 7.05 Å². The molecule has 4 rings (SSSR count). The molecule has 3 heterocycles. The van der Waals surface area contributed by atoms with E-state index in [1.165, 1.54) is 0 Å². The number of carbonyl (C=O) groups excluding carboxylic acids is 1. The molecule has 0 unspecified atom stereocenters. The fourth-order valence-corrected chi connectivity index (χ4v) is 3.12. The van der Waals surface area contributed by atoms with Crippen molar-refractivity contribution in [1.29, 1.82) is 0 Å². The molecule has 1 N–H and O–H groups in total. The summed E-state index contributed by atoms with van der Waals surface area (Å²) >= 11 is 0. The molecule has 136 valence electrons. The molecule has 0 radical (unpaired) electrons. The molecule has 7 nitrogen and oxygen atoms in total. The third-order valence-corrected chi connectivity index (χ3v) is 4.52. The van der Waals surface area contributed by atoms with Gasteiger partial charge in [-0.15, -0.1) is 0 Å². The minimum atomic E-state index is -0.0789. The van der Waals surface area contributed by atoms with Crippen molar-refractivity contribution in [1.82, 2.24) is 29.9 Å². The van der Waals surface area contributed by atoms with Gasteiger partial charge in [0.1, 0.15) is 0 Å². The summed E-state index contributed by atoms with van der Waals surface area (Å²) in [6, 6.07) is 13.6. The Hall–Kier alpha value is -3.48. The van der Waals surface area contributed by atoms with Crippen LogP contribution in [0.5, 0.6) is 0 Å². The van der Waals surface area contributed by atoms with Crippen LogP contribution in [0.15, 0.2) is 54.9 Å². The molecular weight excluding hydrogens is 340 g/mol. The van der Waals surface area contributed by atoms with Gasteiger partial charge in [0.05, 0.1) is 35.1 Å². The highest BCUT2D eigenvalue weighted by Crippen LogP contribution is 2.26. The number of amides is 1. The number of H-pyrrole nitrogens is 1. The van der Waals surface area contributed by atoms with Gasteiger partial charge in [-0.1, -0.05) is 30.3 Å². The molecule has 27 heavy (non-hydrogen) atoms. The van der Waals surface area contributed by atoms with Gasteiger partial charge in [0, 0.05) is 25.4 Å². The maximum atomic E-state index is 13.2. The molecule has 0 saturated carbocycles. The first-order valence-electron chi connectivity index (χ1n) is 8.83. The SMILES string of the molecule is CCn1ncc2c(C(=O)N(C)Cc3ccn[nH]3)cc(-c3ccccc3)nc21. The molecule has 3 aromatic heterocycles. The van der Waals surface area contributed by atoms with Crippen LogP contribution in [0.25, 0.3) is 22.3 Å². The summed E-state index contributed by atoms with van der Waals surface area (Å²) in [5, 5.41) is 12.0. The minimum Gasteiger partial charge on any atom is -0.336 e. The summed E-state index contributed by atoms with van der Waals surface area (Å²) in [7, 11) is 1.78. The largest absolute Gasteiger partial charge is 0.336 e. The van der Waals surface area contributed by atoms with Crippen LogP contribution in [0.2, 0.25) is 0 Å². The number of rotatable bonds is 5. The normalized spacial score (nSPS) is 11.0. The zero-order chi connectivity index (χ0) is 18.8. The van der Waals surface area contributed by atoms with E-state index in [0.29, 0.717) is 18.7 Å². The van der Waals surface area contributed by atoms with Gasteiger partial charge in [0.25, 0.3) is 5.91 Å². The van der Waals surface area contributed by atoms with Crippen LogP contribution in [-0.4, -0.2) is 42.8 Å². The predicted octanol–water partition coefficient (Wildman–Crippen LogP) is 3.11. The first-order valence-corrected chi connectivity index (χ1v) is 8.83. The molecule has 4 aromatic rings. The number of hydrogen-bond acceptors (Lipinski definition) is 4. The fraction of sp³-hybridized carbons (Fsp3) is 0.200. The number of hydrogen-bond donors (Lipinski definition) is 1. The van der Waals surface area contributed by atoms with E-state index in [2.05, 4.69) is 15.3 Å². The van der Waals surface area contributed by atoms with Crippen molar-refractivity contribution in [3.05, 3.63) is 66.1 Å². The third-order valence-electron chi connectivity index (χ3n) is 4.52. The highest BCUT2D eigenvalue weighted by molar-refractivity contribution is 6.06. The number of aromatic amines is 1. The first kappa shape index (κ1) is 17.0. The number of carbonyl (C=O) groups is 1. The standard InChI is InChI=1S/C20H20N6O/c1-3-26-19-17(12-22-26)16(11-18(23-19)14-7-5-4-6-8-14)20(27)25(2)13-15-9-10-21-24-15/h4-12H,3,13H2,1-2H3,(H,21,24). The van der Waals surface area contributed by atoms with Crippen molar-refractivity contribution in [2.45, 2.75) is 20.0 Å². The number of fused-ring (bicyclic) bond motifs is 1. The Morgan fingerprint density at radius 2 is 2.04 bits per heavy atom. The predicted molar refractivity (Wildman–Crippen MR) is 103 cm³/mol. The second kappa shape index (κ2) is 7.03. The van der Waals surface area contributed by atoms with Gasteiger partial charge in [-0.05, 0) is 19.1 Å². The van der Waals surface area contributed by atoms with Crippen molar-refractivity contribution in [2.24, 2.45) is 0 Å². The van der Waals surface area contributed by atoms with Crippen molar-refractivity contribution in [3.8, 4) is 11.3 Å². The Labute approximate surface area is 156 Å². The van der Waals surface area contributed by atoms with Crippen LogP contribution in [0.4, 0.5) is 0 Å². The highest BCUT2D eigenvalue weighted by Gasteiger charge is 2.20. The average Bonchev–Trinajstić information content (AvgIpc) is 3.36. The smallest absolute Gasteiger partial charge is 0.254 e. The van der Waals surface area contributed by atoms with Crippen LogP contribution < -0.4 is 0 Å². The van der Waals surface area contributed by atoms with E-state index in [4.69, 9.17) is 4.98 Å². The van der Waals surface area contributed by atoms with E-state index in [-0.39, 0.29) is 5.91 Å². The molecule has 0 atom stereocenters. The van der Waals surface area contributed by atoms with Gasteiger partial charge in [-0.25, -0.2) is 9.67 Å². The van der Waals surface area contributed by atoms with Crippen molar-refractivity contribution in [3.63, 3.8) is 0 Å². The molecule has 0 aliphatic heterocycles. The average molecular weight is 360 g/mol. The van der Waals surface area contributed by atoms with E-state index in [0.717, 1.165) is 28.0 Å². The second-order valence-electron chi connectivity index (χ2n) is 6.36. The maximum Gasteiger partial charge on any atom is 0.254 e. The van der Waals surface area contributed by atoms with Gasteiger partial charge in [-0.2, -0.15) is 10.2 Å². The Morgan fingerprint density at radius 3 is 2.74 bits per heavy atom. The van der Waals surface area contributed by atoms with Gasteiger partial charge < -0.3 is 4.90 Å². The van der Waals surface area contributed by atoms with Gasteiger partial charge in [0.15, 0.2) is 5.65 Å². The summed E-state index contributed by atoms with van der Waals surface area (Å²) in [5.41, 5.74) is 3.92. The molecule has 0 aliphatic carbocycles. The van der Waals surface area contributed by atoms with Gasteiger partial charge in [0.2, 0.25) is 0 Å². The second-order valence-corrected chi connectivity index (χ2v) is 6.36. The number of pyridine rings is 1. The van der Waals surface area contributed by atoms with E-state index in [1.807, 2.05) is 54.1 Å². The zero-order valence-electron chi connectivity index (χ0n) is 15.3. The lowest BCUT2D eigenvalue weighted by Gasteiger charge is -2.17. The summed E-state index contributed by atoms with van der Waals surface area (Å²) in [4.78, 5) is 19.6. The summed E-state index contributed by atoms with van der Waals surface area (Å²) in [6.07, 6.45) is 3.40. The van der Waals surface area contributed by atoms with Crippen LogP contribution in [0, 0.1) is 0 Å². The molecule has 1 aromatic carbocycles. The zero-order valence-corrected chi connectivity index (χ0v) is 15.3. The fourth-order valence-electron chi connectivity index (χ4n) is 3.12. The number of nitrogens with one attached hydrogen (secondary N) is 1. The van der Waals surface area contributed by atoms with Crippen molar-refractivity contribution >= 4 is 16.9 Å². The van der Waals surface area contributed by atoms with E-state index in [9.17, 15) is 4.79 Å². The quantitative estimate of drug-likeness (QED) is 0.593. The minimum absolute atomic E-state index is 0.0789. The third kappa shape index (κ3) is 3.19. The Bertz CT molecular complexity index is 1070. The summed E-state index contributed by atoms with van der Waals surface area (Å²) in [5.74, 6) is -0.0789. The maximum absolute atomic E-state index is 13.2. The first-order chi connectivity index (χ1) is 13.2. The Morgan fingerprint density at radius 1 is 1.22 bits per heavy atom. The molecule has 7 heteroatoms. The summed E-state index contributed by atoms with van der Waals surface area (Å²) < 4.78 is 1.81. The monoisotopic (exact) mass is 360 g/mol. The lowest BCUT2D eigenvalue weighted by atomic mass is 10.1. The highest BCUT2D eigenvalue weighted by atomic mass is 16.2. The van der Waals surface area contributed by atoms with E-state index >= 15 is 0 Å². The van der Waals surface area contributed by atoms with E-state index in [1.54, 1.807) is 24.3 Å². The molecule has 1 amide bonds. The number of benzene rings is 1. The van der Waals surface area contributed by atoms with Gasteiger partial charge >= 0.3 is 0 Å². The number of nitrogens with zero attached hydrogens (tertiary/aromatic N) is 5. The van der Waals surface area contributed by atoms with Crippen LogP contribution in [0.3, 0.4) is 0 Å². The van der Waals surface area contributed by atoms with E-state index < -0.39 is 0 Å². The molecule has 0 aliphatic rings. The van der Waals surface area contributed by atoms with Crippen LogP contribution in [0.1, 0.15) is 23.0 Å². The molecule has 0 saturated heterocycles. The topological polar surface area (TPSA) is 79.7 Å². The lowest BCUT2D eigenvalue weighted by Crippen LogP contribution is -2.26. The summed E-state index contributed by atoms with van der Waals surface area (Å²) in [6.45, 7) is 3.15. The lowest BCUT2D eigenvalue weighted by molar-refractivity contribution is 0.0785. The molecule has 0 bridgehead atoms. The van der Waals surface area contributed by atoms with Crippen molar-refractivity contribution < 1.29 is 4.79 Å². The molecular formula is C20H20N6O. The Balaban J connectivity index is 1.80. The molecule has 0 spiro atoms.